The molecule has 8 rings (SSSR count). The molecule has 20 atom stereocenters. The van der Waals surface area contributed by atoms with Crippen molar-refractivity contribution in [3.63, 3.8) is 0 Å². The highest BCUT2D eigenvalue weighted by molar-refractivity contribution is 5.26. The average molecular weight is 767 g/mol. The summed E-state index contributed by atoms with van der Waals surface area (Å²) in [6.45, 7) is 15.2. The molecule has 13 nitrogen and oxygen atoms in total. The molecule has 0 unspecified atom stereocenters. The van der Waals surface area contributed by atoms with Crippen LogP contribution >= 0.6 is 0 Å². The summed E-state index contributed by atoms with van der Waals surface area (Å²) in [7, 11) is 0. The third kappa shape index (κ3) is 5.58. The van der Waals surface area contributed by atoms with Crippen molar-refractivity contribution < 1.29 is 64.2 Å². The maximum atomic E-state index is 12.1. The SMILES string of the molecule is CC(C)=C[C@H]1C[C@](C)(O)[C@@H]2[C@H]3CC[C@@H]4[C@@]5(C)CC[C@H](O[C@@H]6O[C@H](CO)[C@@H](O)[C@H](O)[C@H]6O[C@@H]6O[C@@H](CO)[C@H](O)[C@H]6O)C(C)(C)[C@@H]5CC[C@@]4(C)[C@@]34CO[C@@]2(C4)O1. The number of aliphatic hydroxyl groups excluding tert-OH is 6. The molecule has 4 saturated carbocycles. The maximum absolute atomic E-state index is 12.1. The van der Waals surface area contributed by atoms with E-state index < -0.39 is 79.9 Å². The third-order valence-corrected chi connectivity index (χ3v) is 16.7. The second-order valence-corrected chi connectivity index (χ2v) is 20.1. The van der Waals surface area contributed by atoms with Crippen LogP contribution in [-0.4, -0.2) is 134 Å². The van der Waals surface area contributed by atoms with Crippen molar-refractivity contribution in [1.29, 1.82) is 0 Å². The van der Waals surface area contributed by atoms with Gasteiger partial charge in [0.25, 0.3) is 0 Å². The van der Waals surface area contributed by atoms with Gasteiger partial charge in [-0.15, -0.1) is 0 Å². The van der Waals surface area contributed by atoms with Gasteiger partial charge in [-0.1, -0.05) is 39.3 Å². The highest BCUT2D eigenvalue weighted by Crippen LogP contribution is 2.80. The van der Waals surface area contributed by atoms with E-state index in [1.807, 2.05) is 6.92 Å². The summed E-state index contributed by atoms with van der Waals surface area (Å²) in [6.07, 6.45) is -3.44. The first kappa shape index (κ1) is 40.0. The smallest absolute Gasteiger partial charge is 0.187 e. The van der Waals surface area contributed by atoms with Gasteiger partial charge in [-0.05, 0) is 93.3 Å². The van der Waals surface area contributed by atoms with Crippen molar-refractivity contribution in [3.05, 3.63) is 11.6 Å². The van der Waals surface area contributed by atoms with Gasteiger partial charge in [0.05, 0.1) is 37.6 Å². The van der Waals surface area contributed by atoms with E-state index in [4.69, 9.17) is 28.4 Å². The monoisotopic (exact) mass is 766 g/mol. The van der Waals surface area contributed by atoms with Gasteiger partial charge in [0, 0.05) is 24.2 Å². The quantitative estimate of drug-likeness (QED) is 0.147. The molecule has 8 aliphatic rings. The number of aliphatic hydroxyl groups is 7. The molecule has 13 heteroatoms. The molecule has 0 aromatic rings. The van der Waals surface area contributed by atoms with E-state index in [-0.39, 0.29) is 45.7 Å². The number of hydrogen-bond donors (Lipinski definition) is 7. The van der Waals surface area contributed by atoms with Crippen molar-refractivity contribution >= 4 is 0 Å². The highest BCUT2D eigenvalue weighted by Gasteiger charge is 2.81. The lowest BCUT2D eigenvalue weighted by molar-refractivity contribution is -0.358. The second kappa shape index (κ2) is 13.4. The first-order valence-electron chi connectivity index (χ1n) is 20.5. The zero-order valence-electron chi connectivity index (χ0n) is 33.1. The first-order chi connectivity index (χ1) is 25.3. The highest BCUT2D eigenvalue weighted by atomic mass is 16.8. The minimum atomic E-state index is -1.56. The zero-order valence-corrected chi connectivity index (χ0v) is 33.1. The van der Waals surface area contributed by atoms with Gasteiger partial charge in [0.15, 0.2) is 18.4 Å². The van der Waals surface area contributed by atoms with Crippen LogP contribution in [0.5, 0.6) is 0 Å². The summed E-state index contributed by atoms with van der Waals surface area (Å²) in [5, 5.41) is 74.8. The molecule has 2 spiro atoms. The lowest BCUT2D eigenvalue weighted by atomic mass is 9.35. The lowest BCUT2D eigenvalue weighted by Gasteiger charge is -2.70. The minimum Gasteiger partial charge on any atom is -0.394 e. The van der Waals surface area contributed by atoms with Crippen LogP contribution in [0.4, 0.5) is 0 Å². The Kier molecular flexibility index (Phi) is 9.91. The van der Waals surface area contributed by atoms with Gasteiger partial charge in [0.1, 0.15) is 42.7 Å². The number of allylic oxidation sites excluding steroid dienone is 1. The molecule has 0 radical (unpaired) electrons. The second-order valence-electron chi connectivity index (χ2n) is 20.1. The van der Waals surface area contributed by atoms with Crippen molar-refractivity contribution in [2.45, 2.75) is 179 Å². The van der Waals surface area contributed by atoms with Gasteiger partial charge in [0.2, 0.25) is 0 Å². The van der Waals surface area contributed by atoms with E-state index >= 15 is 0 Å². The van der Waals surface area contributed by atoms with Crippen LogP contribution in [0.1, 0.15) is 99.8 Å². The van der Waals surface area contributed by atoms with E-state index in [9.17, 15) is 35.7 Å². The van der Waals surface area contributed by atoms with Crippen LogP contribution in [0.15, 0.2) is 11.6 Å². The maximum Gasteiger partial charge on any atom is 0.187 e. The van der Waals surface area contributed by atoms with Crippen LogP contribution in [0, 0.1) is 45.3 Å². The summed E-state index contributed by atoms with van der Waals surface area (Å²) in [4.78, 5) is 0. The Morgan fingerprint density at radius 2 is 1.44 bits per heavy atom. The Morgan fingerprint density at radius 1 is 0.778 bits per heavy atom. The molecule has 0 amide bonds. The molecule has 2 bridgehead atoms. The van der Waals surface area contributed by atoms with Crippen LogP contribution in [0.25, 0.3) is 0 Å². The van der Waals surface area contributed by atoms with E-state index in [0.29, 0.717) is 31.3 Å². The fourth-order valence-corrected chi connectivity index (χ4v) is 14.4. The van der Waals surface area contributed by atoms with E-state index in [1.165, 1.54) is 5.57 Å². The van der Waals surface area contributed by atoms with Gasteiger partial charge < -0.3 is 64.2 Å². The standard InChI is InChI=1S/C41H66O13/c1-20(2)14-21-15-39(7,48)33-22-8-9-26-37(5)12-11-27(36(3,4)25(37)10-13-38(26,6)40(22)18-41(33,54-21)49-19-40)52-35-32(30(46)28(44)23(16-42)51-35)53-34-31(47)29(45)24(17-43)50-34/h14,21-35,42-48H,8-13,15-19H2,1-7H3/t21-,22+,23+,24-,25-,26+,27-,28+,29-,30-,31+,32+,33-,34-,35-,37-,38+,39-,40-,41-/m0/s1. The molecule has 4 aliphatic heterocycles. The minimum absolute atomic E-state index is 0.0164. The van der Waals surface area contributed by atoms with Gasteiger partial charge in [-0.25, -0.2) is 0 Å². The van der Waals surface area contributed by atoms with Gasteiger partial charge >= 0.3 is 0 Å². The Labute approximate surface area is 319 Å². The molecule has 8 fully saturated rings. The van der Waals surface area contributed by atoms with Crippen molar-refractivity contribution in [2.75, 3.05) is 19.8 Å². The van der Waals surface area contributed by atoms with Crippen LogP contribution < -0.4 is 0 Å². The van der Waals surface area contributed by atoms with Crippen LogP contribution in [-0.2, 0) is 28.4 Å². The molecular weight excluding hydrogens is 700 g/mol. The average Bonchev–Trinajstić information content (AvgIpc) is 3.71. The summed E-state index contributed by atoms with van der Waals surface area (Å²) in [6, 6.07) is 0. The third-order valence-electron chi connectivity index (χ3n) is 16.7. The molecule has 4 saturated heterocycles. The Hall–Kier alpha value is -0.780. The molecule has 0 aromatic carbocycles. The largest absolute Gasteiger partial charge is 0.394 e. The molecule has 308 valence electrons. The predicted molar refractivity (Wildman–Crippen MR) is 192 cm³/mol. The fraction of sp³-hybridized carbons (Fsp3) is 0.951. The zero-order chi connectivity index (χ0) is 39.0. The van der Waals surface area contributed by atoms with E-state index in [0.717, 1.165) is 38.5 Å². The van der Waals surface area contributed by atoms with Gasteiger partial charge in [-0.3, -0.25) is 0 Å². The lowest BCUT2D eigenvalue weighted by Crippen LogP contribution is -2.67. The Bertz CT molecular complexity index is 1450. The first-order valence-corrected chi connectivity index (χ1v) is 20.5. The number of rotatable bonds is 7. The summed E-state index contributed by atoms with van der Waals surface area (Å²) in [5.41, 5.74) is -0.203. The van der Waals surface area contributed by atoms with Crippen molar-refractivity contribution in [2.24, 2.45) is 45.3 Å². The molecule has 54 heavy (non-hydrogen) atoms. The van der Waals surface area contributed by atoms with Crippen LogP contribution in [0.2, 0.25) is 0 Å². The van der Waals surface area contributed by atoms with Crippen molar-refractivity contribution in [1.82, 2.24) is 0 Å². The number of ether oxygens (including phenoxy) is 6. The fourth-order valence-electron chi connectivity index (χ4n) is 14.4. The summed E-state index contributed by atoms with van der Waals surface area (Å²) in [5.74, 6) is 0.176. The topological polar surface area (TPSA) is 197 Å². The molecule has 4 aliphatic carbocycles. The number of fused-ring (bicyclic) bond motifs is 4. The Morgan fingerprint density at radius 3 is 2.11 bits per heavy atom. The molecule has 0 aromatic heterocycles. The van der Waals surface area contributed by atoms with Gasteiger partial charge in [-0.2, -0.15) is 0 Å². The van der Waals surface area contributed by atoms with Crippen LogP contribution in [0.3, 0.4) is 0 Å². The van der Waals surface area contributed by atoms with E-state index in [2.05, 4.69) is 47.6 Å². The molecule has 7 N–H and O–H groups in total. The van der Waals surface area contributed by atoms with Crippen molar-refractivity contribution in [3.8, 4) is 0 Å². The predicted octanol–water partition coefficient (Wildman–Crippen LogP) is 2.14. The Balaban J connectivity index is 1.04. The van der Waals surface area contributed by atoms with E-state index in [1.54, 1.807) is 0 Å². The summed E-state index contributed by atoms with van der Waals surface area (Å²) >= 11 is 0. The molecular formula is C41H66O13. The summed E-state index contributed by atoms with van der Waals surface area (Å²) < 4.78 is 38.1. The molecule has 4 heterocycles. The normalized spacial score (nSPS) is 57.5. The number of hydrogen-bond acceptors (Lipinski definition) is 13.